The molecular weight excluding hydrogens is 486 g/mol. The molecule has 2 unspecified atom stereocenters. The van der Waals surface area contributed by atoms with Gasteiger partial charge < -0.3 is 31.2 Å². The fourth-order valence-corrected chi connectivity index (χ4v) is 4.88. The van der Waals surface area contributed by atoms with Gasteiger partial charge in [0, 0.05) is 40.8 Å². The summed E-state index contributed by atoms with van der Waals surface area (Å²) >= 11 is 3.50. The molecule has 0 radical (unpaired) electrons. The largest absolute Gasteiger partial charge is 0.485 e. The number of aryl methyl sites for hydroxylation is 2. The Morgan fingerprint density at radius 3 is 2.00 bits per heavy atom. The Balaban J connectivity index is 0.000000165. The number of benzene rings is 2. The normalized spacial score (nSPS) is 18.0. The molecule has 174 valence electrons. The van der Waals surface area contributed by atoms with E-state index in [1.807, 2.05) is 38.1 Å². The highest BCUT2D eigenvalue weighted by Gasteiger charge is 2.29. The lowest BCUT2D eigenvalue weighted by atomic mass is 9.92. The van der Waals surface area contributed by atoms with E-state index >= 15 is 0 Å². The monoisotopic (exact) mass is 513 g/mol. The summed E-state index contributed by atoms with van der Waals surface area (Å²) in [5, 5.41) is 18.3. The van der Waals surface area contributed by atoms with Crippen molar-refractivity contribution in [2.45, 2.75) is 38.9 Å². The van der Waals surface area contributed by atoms with Crippen LogP contribution < -0.4 is 20.9 Å². The lowest BCUT2D eigenvalue weighted by Gasteiger charge is -2.13. The molecule has 8 heteroatoms. The van der Waals surface area contributed by atoms with E-state index in [-0.39, 0.29) is 25.4 Å². The molecular formula is C25H28BrN3O4. The molecule has 2 aromatic carbocycles. The van der Waals surface area contributed by atoms with E-state index in [0.29, 0.717) is 17.8 Å². The molecule has 3 aromatic rings. The van der Waals surface area contributed by atoms with Crippen LogP contribution in [-0.2, 0) is 12.8 Å². The number of hydrogen-bond acceptors (Lipinski definition) is 7. The van der Waals surface area contributed by atoms with Crippen LogP contribution in [0.1, 0.15) is 22.3 Å². The van der Waals surface area contributed by atoms with Crippen molar-refractivity contribution in [3.05, 3.63) is 63.4 Å². The van der Waals surface area contributed by atoms with Crippen LogP contribution >= 0.6 is 15.9 Å². The summed E-state index contributed by atoms with van der Waals surface area (Å²) in [4.78, 5) is 4.05. The fraction of sp³-hybridized carbons (Fsp3) is 0.320. The summed E-state index contributed by atoms with van der Waals surface area (Å²) in [6.45, 7) is 4.06. The van der Waals surface area contributed by atoms with Crippen LogP contribution in [-0.4, -0.2) is 40.6 Å². The Hall–Kier alpha value is -2.81. The highest BCUT2D eigenvalue weighted by Crippen LogP contribution is 2.43. The van der Waals surface area contributed by atoms with Crippen molar-refractivity contribution in [2.75, 3.05) is 24.7 Å². The van der Waals surface area contributed by atoms with Crippen molar-refractivity contribution < 1.29 is 19.7 Å². The molecule has 0 bridgehead atoms. The highest BCUT2D eigenvalue weighted by atomic mass is 79.9. The Bertz CT molecular complexity index is 1170. The average molecular weight is 514 g/mol. The third-order valence-electron chi connectivity index (χ3n) is 5.93. The number of halogens is 1. The van der Waals surface area contributed by atoms with Crippen LogP contribution in [0.4, 0.5) is 11.4 Å². The molecule has 5 rings (SSSR count). The third kappa shape index (κ3) is 4.51. The summed E-state index contributed by atoms with van der Waals surface area (Å²) in [7, 11) is 0. The molecule has 0 saturated heterocycles. The molecule has 7 nitrogen and oxygen atoms in total. The lowest BCUT2D eigenvalue weighted by molar-refractivity contribution is 0.135. The smallest absolute Gasteiger partial charge is 0.147 e. The molecule has 0 spiro atoms. The van der Waals surface area contributed by atoms with Gasteiger partial charge in [0.05, 0.1) is 24.6 Å². The summed E-state index contributed by atoms with van der Waals surface area (Å²) in [5.41, 5.74) is 19.8. The Morgan fingerprint density at radius 1 is 0.909 bits per heavy atom. The molecule has 0 aliphatic carbocycles. The molecule has 0 saturated carbocycles. The van der Waals surface area contributed by atoms with E-state index < -0.39 is 0 Å². The standard InChI is InChI=1S/C15H16N2O2.C10H12BrNO2/c1-9-6-13(16)15-12(7-11(8-18)19-15)14(9)10-2-4-17-5-3-10;1-5-2-8(12)10-7(9(5)11)3-6(4-13)14-10/h2-6,11,18H,7-8,16H2,1H3;2,6,13H,3-4,12H2,1H3. The number of nitrogens with two attached hydrogens (primary N) is 2. The first-order valence-electron chi connectivity index (χ1n) is 10.8. The summed E-state index contributed by atoms with van der Waals surface area (Å²) in [6, 6.07) is 7.76. The fourth-order valence-electron chi connectivity index (χ4n) is 4.42. The third-order valence-corrected chi connectivity index (χ3v) is 7.04. The van der Waals surface area contributed by atoms with Crippen molar-refractivity contribution in [1.82, 2.24) is 4.98 Å². The molecule has 2 aliphatic heterocycles. The molecule has 3 heterocycles. The summed E-state index contributed by atoms with van der Waals surface area (Å²) < 4.78 is 12.3. The second-order valence-electron chi connectivity index (χ2n) is 8.36. The van der Waals surface area contributed by atoms with Crippen molar-refractivity contribution in [3.63, 3.8) is 0 Å². The second kappa shape index (κ2) is 9.59. The van der Waals surface area contributed by atoms with E-state index in [4.69, 9.17) is 26.0 Å². The number of nitrogen functional groups attached to an aromatic ring is 2. The maximum Gasteiger partial charge on any atom is 0.147 e. The minimum absolute atomic E-state index is 0.00293. The van der Waals surface area contributed by atoms with Crippen LogP contribution in [0.15, 0.2) is 41.1 Å². The van der Waals surface area contributed by atoms with Crippen LogP contribution in [0, 0.1) is 13.8 Å². The topological polar surface area (TPSA) is 124 Å². The maximum absolute atomic E-state index is 9.28. The Labute approximate surface area is 201 Å². The van der Waals surface area contributed by atoms with E-state index in [1.165, 1.54) is 0 Å². The minimum atomic E-state index is -0.195. The molecule has 33 heavy (non-hydrogen) atoms. The first-order valence-corrected chi connectivity index (χ1v) is 11.6. The molecule has 2 aliphatic rings. The molecule has 2 atom stereocenters. The number of anilines is 2. The highest BCUT2D eigenvalue weighted by molar-refractivity contribution is 9.10. The zero-order valence-electron chi connectivity index (χ0n) is 18.6. The number of aliphatic hydroxyl groups excluding tert-OH is 2. The first kappa shape index (κ1) is 23.4. The van der Waals surface area contributed by atoms with E-state index in [9.17, 15) is 5.11 Å². The van der Waals surface area contributed by atoms with E-state index in [2.05, 4.69) is 20.9 Å². The molecule has 6 N–H and O–H groups in total. The van der Waals surface area contributed by atoms with Crippen LogP contribution in [0.25, 0.3) is 11.1 Å². The number of aromatic nitrogens is 1. The molecule has 0 amide bonds. The van der Waals surface area contributed by atoms with Gasteiger partial charge in [0.2, 0.25) is 0 Å². The van der Waals surface area contributed by atoms with Gasteiger partial charge in [-0.3, -0.25) is 4.98 Å². The van der Waals surface area contributed by atoms with Crippen molar-refractivity contribution in [3.8, 4) is 22.6 Å². The van der Waals surface area contributed by atoms with Gasteiger partial charge in [-0.2, -0.15) is 0 Å². The number of fused-ring (bicyclic) bond motifs is 2. The molecule has 1 aromatic heterocycles. The van der Waals surface area contributed by atoms with Crippen LogP contribution in [0.2, 0.25) is 0 Å². The number of ether oxygens (including phenoxy) is 2. The van der Waals surface area contributed by atoms with Crippen LogP contribution in [0.3, 0.4) is 0 Å². The SMILES string of the molecule is Cc1cc(N)c2c(c1-c1ccncc1)CC(CO)O2.Cc1cc(N)c2c(c1Br)CC(CO)O2. The van der Waals surface area contributed by atoms with Gasteiger partial charge in [-0.05, 0) is 60.4 Å². The summed E-state index contributed by atoms with van der Waals surface area (Å²) in [6.07, 6.45) is 4.62. The predicted octanol–water partition coefficient (Wildman–Crippen LogP) is 3.57. The van der Waals surface area contributed by atoms with Crippen molar-refractivity contribution in [2.24, 2.45) is 0 Å². The quantitative estimate of drug-likeness (QED) is 0.394. The number of hydrogen-bond donors (Lipinski definition) is 4. The summed E-state index contributed by atoms with van der Waals surface area (Å²) in [5.74, 6) is 1.44. The van der Waals surface area contributed by atoms with Gasteiger partial charge in [-0.1, -0.05) is 15.9 Å². The first-order chi connectivity index (χ1) is 15.8. The van der Waals surface area contributed by atoms with E-state index in [0.717, 1.165) is 55.8 Å². The van der Waals surface area contributed by atoms with Gasteiger partial charge >= 0.3 is 0 Å². The number of rotatable bonds is 3. The lowest BCUT2D eigenvalue weighted by Crippen LogP contribution is -2.17. The molecule has 0 fully saturated rings. The van der Waals surface area contributed by atoms with Gasteiger partial charge in [0.1, 0.15) is 23.7 Å². The van der Waals surface area contributed by atoms with Crippen molar-refractivity contribution in [1.29, 1.82) is 0 Å². The van der Waals surface area contributed by atoms with Crippen LogP contribution in [0.5, 0.6) is 11.5 Å². The number of nitrogens with zero attached hydrogens (tertiary/aromatic N) is 1. The van der Waals surface area contributed by atoms with Gasteiger partial charge in [0.25, 0.3) is 0 Å². The number of aliphatic hydroxyl groups is 2. The van der Waals surface area contributed by atoms with Gasteiger partial charge in [-0.25, -0.2) is 0 Å². The zero-order chi connectivity index (χ0) is 23.7. The Kier molecular flexibility index (Phi) is 6.78. The van der Waals surface area contributed by atoms with Crippen molar-refractivity contribution >= 4 is 27.3 Å². The Morgan fingerprint density at radius 2 is 1.42 bits per heavy atom. The maximum atomic E-state index is 9.28. The average Bonchev–Trinajstić information content (AvgIpc) is 3.44. The number of pyridine rings is 1. The van der Waals surface area contributed by atoms with E-state index in [1.54, 1.807) is 12.4 Å². The minimum Gasteiger partial charge on any atom is -0.485 e. The second-order valence-corrected chi connectivity index (χ2v) is 9.15. The van der Waals surface area contributed by atoms with Gasteiger partial charge in [-0.15, -0.1) is 0 Å². The zero-order valence-corrected chi connectivity index (χ0v) is 20.2. The predicted molar refractivity (Wildman–Crippen MR) is 133 cm³/mol. The van der Waals surface area contributed by atoms with Gasteiger partial charge in [0.15, 0.2) is 0 Å².